The molecule has 0 spiro atoms. The maximum absolute atomic E-state index is 13.2. The van der Waals surface area contributed by atoms with Crippen molar-refractivity contribution in [3.05, 3.63) is 0 Å². The zero-order chi connectivity index (χ0) is 77.4. The van der Waals surface area contributed by atoms with Gasteiger partial charge in [0.25, 0.3) is 0 Å². The summed E-state index contributed by atoms with van der Waals surface area (Å²) in [5.41, 5.74) is 0. The number of aliphatic hydroxyl groups is 1. The smallest absolute Gasteiger partial charge is 0.462 e. The lowest BCUT2D eigenvalue weighted by Crippen LogP contribution is -2.30. The third-order valence-corrected chi connectivity index (χ3v) is 22.5. The summed E-state index contributed by atoms with van der Waals surface area (Å²) in [4.78, 5) is 73.3. The summed E-state index contributed by atoms with van der Waals surface area (Å²) in [6.45, 7) is 5.08. The lowest BCUT2D eigenvalue weighted by Gasteiger charge is -2.21. The van der Waals surface area contributed by atoms with Crippen molar-refractivity contribution >= 4 is 39.5 Å². The minimum Gasteiger partial charge on any atom is -0.462 e. The van der Waals surface area contributed by atoms with Gasteiger partial charge in [0.1, 0.15) is 19.3 Å². The molecule has 0 aliphatic carbocycles. The molecule has 0 rings (SSSR count). The Bertz CT molecular complexity index is 2000. The van der Waals surface area contributed by atoms with Crippen LogP contribution in [0.4, 0.5) is 0 Å². The monoisotopic (exact) mass is 1550 g/mol. The molecular weight excluding hydrogens is 1380 g/mol. The molecule has 3 N–H and O–H groups in total. The molecule has 0 heterocycles. The van der Waals surface area contributed by atoms with Crippen LogP contribution in [0.3, 0.4) is 0 Å². The average molecular weight is 1550 g/mol. The van der Waals surface area contributed by atoms with Gasteiger partial charge >= 0.3 is 39.5 Å². The van der Waals surface area contributed by atoms with Crippen LogP contribution in [0.25, 0.3) is 0 Å². The molecule has 0 aromatic carbocycles. The van der Waals surface area contributed by atoms with Crippen LogP contribution in [-0.2, 0) is 65.4 Å². The highest BCUT2D eigenvalue weighted by Crippen LogP contribution is 2.45. The van der Waals surface area contributed by atoms with Gasteiger partial charge < -0.3 is 33.8 Å². The highest BCUT2D eigenvalue weighted by molar-refractivity contribution is 7.47. The molecule has 0 saturated heterocycles. The van der Waals surface area contributed by atoms with Crippen molar-refractivity contribution in [2.45, 2.75) is 495 Å². The summed E-state index contributed by atoms with van der Waals surface area (Å²) in [6.07, 6.45) is 76.2. The highest BCUT2D eigenvalue weighted by atomic mass is 31.2. The second kappa shape index (κ2) is 81.1. The van der Waals surface area contributed by atoms with Gasteiger partial charge in [-0.2, -0.15) is 0 Å². The maximum Gasteiger partial charge on any atom is 0.472 e. The van der Waals surface area contributed by atoms with E-state index in [1.54, 1.807) is 0 Å². The molecule has 0 bridgehead atoms. The first-order chi connectivity index (χ1) is 51.7. The van der Waals surface area contributed by atoms with Gasteiger partial charge in [0.05, 0.1) is 26.4 Å². The Kier molecular flexibility index (Phi) is 79.6. The van der Waals surface area contributed by atoms with Crippen LogP contribution >= 0.6 is 15.6 Å². The predicted octanol–water partition coefficient (Wildman–Crippen LogP) is 26.9. The molecule has 5 atom stereocenters. The van der Waals surface area contributed by atoms with Gasteiger partial charge in [-0.1, -0.05) is 426 Å². The van der Waals surface area contributed by atoms with Gasteiger partial charge in [-0.25, -0.2) is 9.13 Å². The fourth-order valence-electron chi connectivity index (χ4n) is 13.7. The molecular formula is C87H170O17P2. The highest BCUT2D eigenvalue weighted by Gasteiger charge is 2.30. The normalized spacial score (nSPS) is 13.7. The Morgan fingerprint density at radius 2 is 0.377 bits per heavy atom. The van der Waals surface area contributed by atoms with E-state index in [1.807, 2.05) is 0 Å². The van der Waals surface area contributed by atoms with E-state index in [-0.39, 0.29) is 25.7 Å². The van der Waals surface area contributed by atoms with E-state index in [0.29, 0.717) is 25.7 Å². The maximum atomic E-state index is 13.2. The van der Waals surface area contributed by atoms with Crippen LogP contribution in [0, 0.1) is 0 Å². The number of carbonyl (C=O) groups is 4. The summed E-state index contributed by atoms with van der Waals surface area (Å²) in [6, 6.07) is 0. The number of phosphoric ester groups is 2. The Labute approximate surface area is 651 Å². The second-order valence-electron chi connectivity index (χ2n) is 31.3. The molecule has 2 unspecified atom stereocenters. The van der Waals surface area contributed by atoms with Crippen LogP contribution in [0.15, 0.2) is 0 Å². The van der Waals surface area contributed by atoms with Gasteiger partial charge in [-0.3, -0.25) is 37.3 Å². The number of carbonyl (C=O) groups excluding carboxylic acids is 4. The van der Waals surface area contributed by atoms with Crippen LogP contribution in [-0.4, -0.2) is 96.7 Å². The van der Waals surface area contributed by atoms with E-state index in [1.165, 1.54) is 308 Å². The number of hydrogen-bond donors (Lipinski definition) is 3. The zero-order valence-electron chi connectivity index (χ0n) is 69.4. The summed E-state index contributed by atoms with van der Waals surface area (Å²) in [5, 5.41) is 10.7. The summed E-state index contributed by atoms with van der Waals surface area (Å²) in [7, 11) is -9.93. The standard InChI is InChI=1S/C87H170O17P2/c1-5-9-13-17-21-25-29-33-36-39-41-43-46-50-54-58-62-66-70-74-87(92)104-83(78-98-85(90)72-68-64-60-56-52-48-45-42-40-37-34-30-26-22-18-14-10-6-2)80-102-106(95,96)100-76-81(88)75-99-105(93,94)101-79-82(77-97-84(89)71-67-63-59-55-51-47-32-28-24-20-16-12-8-4)103-86(91)73-69-65-61-57-53-49-44-38-35-31-27-23-19-15-11-7-3/h81-83,88H,5-80H2,1-4H3,(H,93,94)(H,95,96)/t81-,82+,83+/m0/s1. The van der Waals surface area contributed by atoms with Gasteiger partial charge in [-0.05, 0) is 25.7 Å². The molecule has 17 nitrogen and oxygen atoms in total. The van der Waals surface area contributed by atoms with Crippen molar-refractivity contribution in [1.82, 2.24) is 0 Å². The van der Waals surface area contributed by atoms with E-state index in [9.17, 15) is 43.2 Å². The number of unbranched alkanes of at least 4 members (excludes halogenated alkanes) is 62. The SMILES string of the molecule is CCCCCCCCCCCCCCCCCCCCCC(=O)O[C@H](COC(=O)CCCCCCCCCCCCCCCCCCCC)COP(=O)(O)OC[C@@H](O)COP(=O)(O)OC[C@@H](COC(=O)CCCCCCCCCCCCCCC)OC(=O)CCCCCCCCCCCCCCCCCC. The van der Waals surface area contributed by atoms with Crippen molar-refractivity contribution in [2.24, 2.45) is 0 Å². The molecule has 0 aliphatic heterocycles. The molecule has 0 saturated carbocycles. The van der Waals surface area contributed by atoms with Crippen LogP contribution in [0.5, 0.6) is 0 Å². The lowest BCUT2D eigenvalue weighted by molar-refractivity contribution is -0.161. The predicted molar refractivity (Wildman–Crippen MR) is 437 cm³/mol. The molecule has 0 amide bonds. The topological polar surface area (TPSA) is 237 Å². The molecule has 106 heavy (non-hydrogen) atoms. The molecule has 0 fully saturated rings. The zero-order valence-corrected chi connectivity index (χ0v) is 71.2. The van der Waals surface area contributed by atoms with Crippen molar-refractivity contribution in [2.75, 3.05) is 39.6 Å². The van der Waals surface area contributed by atoms with E-state index in [0.717, 1.165) is 89.9 Å². The first-order valence-corrected chi connectivity index (χ1v) is 48.3. The van der Waals surface area contributed by atoms with Gasteiger partial charge in [-0.15, -0.1) is 0 Å². The average Bonchev–Trinajstić information content (AvgIpc) is 0.900. The Balaban J connectivity index is 5.26. The third-order valence-electron chi connectivity index (χ3n) is 20.6. The minimum absolute atomic E-state index is 0.109. The van der Waals surface area contributed by atoms with Crippen molar-refractivity contribution in [3.63, 3.8) is 0 Å². The fraction of sp³-hybridized carbons (Fsp3) is 0.954. The summed E-state index contributed by atoms with van der Waals surface area (Å²) in [5.74, 6) is -2.09. The second-order valence-corrected chi connectivity index (χ2v) is 34.2. The number of esters is 4. The number of aliphatic hydroxyl groups excluding tert-OH is 1. The van der Waals surface area contributed by atoms with Crippen LogP contribution in [0.2, 0.25) is 0 Å². The van der Waals surface area contributed by atoms with Crippen molar-refractivity contribution in [3.8, 4) is 0 Å². The number of phosphoric acid groups is 2. The Hall–Kier alpha value is -1.94. The van der Waals surface area contributed by atoms with Gasteiger partial charge in [0.2, 0.25) is 0 Å². The lowest BCUT2D eigenvalue weighted by atomic mass is 10.0. The van der Waals surface area contributed by atoms with Crippen molar-refractivity contribution in [1.29, 1.82) is 0 Å². The van der Waals surface area contributed by atoms with Crippen LogP contribution in [0.1, 0.15) is 477 Å². The van der Waals surface area contributed by atoms with E-state index >= 15 is 0 Å². The molecule has 0 aromatic heterocycles. The number of ether oxygens (including phenoxy) is 4. The summed E-state index contributed by atoms with van der Waals surface area (Å²) < 4.78 is 69.0. The fourth-order valence-corrected chi connectivity index (χ4v) is 15.3. The van der Waals surface area contributed by atoms with E-state index in [2.05, 4.69) is 27.7 Å². The summed E-state index contributed by atoms with van der Waals surface area (Å²) >= 11 is 0. The van der Waals surface area contributed by atoms with Crippen LogP contribution < -0.4 is 0 Å². The Morgan fingerprint density at radius 3 is 0.557 bits per heavy atom. The molecule has 0 aliphatic rings. The molecule has 0 aromatic rings. The van der Waals surface area contributed by atoms with E-state index in [4.69, 9.17) is 37.0 Å². The van der Waals surface area contributed by atoms with Gasteiger partial charge in [0.15, 0.2) is 12.2 Å². The Morgan fingerprint density at radius 1 is 0.226 bits per heavy atom. The quantitative estimate of drug-likeness (QED) is 0.0222. The minimum atomic E-state index is -4.97. The first-order valence-electron chi connectivity index (χ1n) is 45.3. The molecule has 630 valence electrons. The first kappa shape index (κ1) is 104. The third kappa shape index (κ3) is 80.1. The molecule has 19 heteroatoms. The largest absolute Gasteiger partial charge is 0.472 e. The van der Waals surface area contributed by atoms with Gasteiger partial charge in [0, 0.05) is 25.7 Å². The number of hydrogen-bond acceptors (Lipinski definition) is 15. The number of rotatable bonds is 88. The van der Waals surface area contributed by atoms with E-state index < -0.39 is 97.5 Å². The molecule has 0 radical (unpaired) electrons. The van der Waals surface area contributed by atoms with Crippen molar-refractivity contribution < 1.29 is 80.2 Å².